The number of aliphatic carboxylic acids is 1. The van der Waals surface area contributed by atoms with Crippen LogP contribution in [0.1, 0.15) is 77.6 Å². The molecule has 0 N–H and O–H groups in total. The number of carbonyl (C=O) groups is 1. The van der Waals surface area contributed by atoms with Crippen molar-refractivity contribution in [2.75, 3.05) is 119 Å². The van der Waals surface area contributed by atoms with E-state index in [2.05, 4.69) is 6.92 Å². The number of hydrogen-bond acceptors (Lipinski definition) is 11. The summed E-state index contributed by atoms with van der Waals surface area (Å²) in [5.74, 6) is -1.24. The van der Waals surface area contributed by atoms with Gasteiger partial charge in [-0.1, -0.05) is 71.1 Å². The van der Waals surface area contributed by atoms with Crippen LogP contribution in [0.5, 0.6) is 0 Å². The van der Waals surface area contributed by atoms with Crippen LogP contribution in [0.2, 0.25) is 0 Å². The maximum Gasteiger partial charge on any atom is 1.00 e. The number of carboxylic acids is 1. The van der Waals surface area contributed by atoms with E-state index in [1.54, 1.807) is 0 Å². The van der Waals surface area contributed by atoms with Gasteiger partial charge in [-0.2, -0.15) is 0 Å². The first kappa shape index (κ1) is 45.2. The number of ether oxygens (including phenoxy) is 9. The van der Waals surface area contributed by atoms with Gasteiger partial charge in [-0.15, -0.1) is 0 Å². The molecule has 12 heteroatoms. The molecular weight excluding hydrogens is 571 g/mol. The van der Waals surface area contributed by atoms with E-state index in [9.17, 15) is 9.90 Å². The van der Waals surface area contributed by atoms with E-state index in [-0.39, 0.29) is 36.2 Å². The van der Waals surface area contributed by atoms with Crippen LogP contribution >= 0.6 is 0 Å². The molecule has 43 heavy (non-hydrogen) atoms. The van der Waals surface area contributed by atoms with Gasteiger partial charge in [0, 0.05) is 6.61 Å². The van der Waals surface area contributed by atoms with E-state index < -0.39 is 12.6 Å². The van der Waals surface area contributed by atoms with Crippen molar-refractivity contribution < 1.29 is 82.1 Å². The predicted molar refractivity (Wildman–Crippen MR) is 159 cm³/mol. The van der Waals surface area contributed by atoms with Gasteiger partial charge in [-0.3, -0.25) is 0 Å². The molecule has 0 aliphatic rings. The summed E-state index contributed by atoms with van der Waals surface area (Å²) in [7, 11) is 0. The van der Waals surface area contributed by atoms with Gasteiger partial charge < -0.3 is 52.5 Å². The Kier molecular flexibility index (Phi) is 44.3. The molecule has 0 saturated heterocycles. The zero-order chi connectivity index (χ0) is 30.4. The third kappa shape index (κ3) is 44.3. The molecule has 0 rings (SSSR count). The Morgan fingerprint density at radius 2 is 0.605 bits per heavy atom. The van der Waals surface area contributed by atoms with Crippen molar-refractivity contribution >= 4 is 5.97 Å². The van der Waals surface area contributed by atoms with E-state index in [4.69, 9.17) is 42.6 Å². The van der Waals surface area contributed by atoms with Crippen molar-refractivity contribution in [3.63, 3.8) is 0 Å². The molecule has 252 valence electrons. The topological polar surface area (TPSA) is 123 Å². The van der Waals surface area contributed by atoms with Gasteiger partial charge in [-0.05, 0) is 6.42 Å². The summed E-state index contributed by atoms with van der Waals surface area (Å²) in [6.07, 6.45) is 14.8. The Morgan fingerprint density at radius 1 is 0.372 bits per heavy atom. The largest absolute Gasteiger partial charge is 1.00 e. The molecule has 0 unspecified atom stereocenters. The number of carbonyl (C=O) groups excluding carboxylic acids is 1. The van der Waals surface area contributed by atoms with Crippen LogP contribution in [0.15, 0.2) is 0 Å². The molecule has 0 aromatic rings. The van der Waals surface area contributed by atoms with Crippen LogP contribution in [0.25, 0.3) is 0 Å². The first-order chi connectivity index (χ1) is 20.8. The van der Waals surface area contributed by atoms with Crippen molar-refractivity contribution in [3.05, 3.63) is 0 Å². The second-order valence-electron chi connectivity index (χ2n) is 9.86. The van der Waals surface area contributed by atoms with Crippen LogP contribution in [0, 0.1) is 0 Å². The molecule has 0 heterocycles. The average molecular weight is 633 g/mol. The summed E-state index contributed by atoms with van der Waals surface area (Å²) >= 11 is 0. The second kappa shape index (κ2) is 42.1. The molecule has 0 aliphatic heterocycles. The first-order valence-electron chi connectivity index (χ1n) is 16.2. The Labute approximate surface area is 283 Å². The average Bonchev–Trinajstić information content (AvgIpc) is 2.98. The van der Waals surface area contributed by atoms with E-state index in [1.807, 2.05) is 0 Å². The van der Waals surface area contributed by atoms with Crippen LogP contribution in [0.3, 0.4) is 0 Å². The Bertz CT molecular complexity index is 518. The molecule has 0 aromatic heterocycles. The van der Waals surface area contributed by atoms with Crippen molar-refractivity contribution in [2.24, 2.45) is 0 Å². The van der Waals surface area contributed by atoms with Crippen molar-refractivity contribution in [1.82, 2.24) is 0 Å². The van der Waals surface area contributed by atoms with Gasteiger partial charge in [-0.25, -0.2) is 0 Å². The van der Waals surface area contributed by atoms with Crippen molar-refractivity contribution in [3.8, 4) is 0 Å². The van der Waals surface area contributed by atoms with E-state index >= 15 is 0 Å². The van der Waals surface area contributed by atoms with Crippen molar-refractivity contribution in [1.29, 1.82) is 0 Å². The van der Waals surface area contributed by atoms with E-state index in [0.29, 0.717) is 99.1 Å². The molecule has 0 aliphatic carbocycles. The van der Waals surface area contributed by atoms with Gasteiger partial charge in [0.2, 0.25) is 0 Å². The zero-order valence-electron chi connectivity index (χ0n) is 27.5. The Balaban J connectivity index is 0. The molecule has 11 nitrogen and oxygen atoms in total. The Morgan fingerprint density at radius 3 is 0.884 bits per heavy atom. The normalized spacial score (nSPS) is 11.2. The maximum absolute atomic E-state index is 10.2. The fourth-order valence-electron chi connectivity index (χ4n) is 3.78. The van der Waals surface area contributed by atoms with Crippen molar-refractivity contribution in [2.45, 2.75) is 77.6 Å². The van der Waals surface area contributed by atoms with Crippen LogP contribution in [-0.2, 0) is 47.4 Å². The third-order valence-electron chi connectivity index (χ3n) is 6.09. The molecule has 0 saturated carbocycles. The fraction of sp³-hybridized carbons (Fsp3) is 0.968. The van der Waals surface area contributed by atoms with Gasteiger partial charge in [0.1, 0.15) is 0 Å². The van der Waals surface area contributed by atoms with Gasteiger partial charge >= 0.3 is 29.6 Å². The minimum Gasteiger partial charge on any atom is -0.548 e. The molecule has 0 aromatic carbocycles. The molecule has 0 fully saturated rings. The quantitative estimate of drug-likeness (QED) is 0.0685. The van der Waals surface area contributed by atoms with E-state index in [0.717, 1.165) is 13.0 Å². The summed E-state index contributed by atoms with van der Waals surface area (Å²) in [5.41, 5.74) is 0. The summed E-state index contributed by atoms with van der Waals surface area (Å²) in [4.78, 5) is 10.2. The summed E-state index contributed by atoms with van der Waals surface area (Å²) in [5, 5.41) is 10.2. The summed E-state index contributed by atoms with van der Waals surface area (Å²) in [6.45, 7) is 10.4. The Hall–Kier alpha value is 0.110. The number of carboxylic acid groups (broad SMARTS) is 1. The standard InChI is InChI=1S/C31H62O11.Na/c1-2-3-4-5-6-7-8-9-10-11-12-13-34-14-15-35-16-17-36-18-19-37-20-21-38-22-23-39-24-25-40-26-27-41-28-29-42-30-31(32)33;/h2-30H2,1H3,(H,32,33);/q;+1/p-1. The van der Waals surface area contributed by atoms with E-state index in [1.165, 1.54) is 64.2 Å². The molecule has 0 spiro atoms. The zero-order valence-corrected chi connectivity index (χ0v) is 29.5. The minimum atomic E-state index is -1.24. The van der Waals surface area contributed by atoms with Crippen LogP contribution < -0.4 is 34.7 Å². The molecule has 0 atom stereocenters. The minimum absolute atomic E-state index is 0. The smallest absolute Gasteiger partial charge is 0.548 e. The monoisotopic (exact) mass is 632 g/mol. The SMILES string of the molecule is CCCCCCCCCCCCCOCCOCCOCCOCCOCCOCCOCCOCCOCC(=O)[O-].[Na+]. The maximum atomic E-state index is 10.2. The molecule has 0 radical (unpaired) electrons. The number of hydrogen-bond donors (Lipinski definition) is 0. The molecule has 0 bridgehead atoms. The molecular formula is C31H61NaO11. The van der Waals surface area contributed by atoms with Crippen LogP contribution in [-0.4, -0.2) is 125 Å². The first-order valence-corrected chi connectivity index (χ1v) is 16.2. The van der Waals surface area contributed by atoms with Gasteiger partial charge in [0.15, 0.2) is 0 Å². The van der Waals surface area contributed by atoms with Gasteiger partial charge in [0.05, 0.1) is 118 Å². The predicted octanol–water partition coefficient (Wildman–Crippen LogP) is 0.201. The van der Waals surface area contributed by atoms with Gasteiger partial charge in [0.25, 0.3) is 0 Å². The number of unbranched alkanes of at least 4 members (excludes halogenated alkanes) is 10. The second-order valence-corrected chi connectivity index (χ2v) is 9.86. The summed E-state index contributed by atoms with van der Waals surface area (Å²) in [6, 6.07) is 0. The number of rotatable bonds is 38. The third-order valence-corrected chi connectivity index (χ3v) is 6.09. The fourth-order valence-corrected chi connectivity index (χ4v) is 3.78. The summed E-state index contributed by atoms with van der Waals surface area (Å²) < 4.78 is 48.4. The van der Waals surface area contributed by atoms with Crippen LogP contribution in [0.4, 0.5) is 0 Å². The molecule has 0 amide bonds.